The van der Waals surface area contributed by atoms with E-state index in [1.165, 1.54) is 18.2 Å². The topological polar surface area (TPSA) is 37.3 Å². The van der Waals surface area contributed by atoms with Gasteiger partial charge in [0.1, 0.15) is 11.6 Å². The number of hydrogen-bond acceptors (Lipinski definition) is 2. The van der Waals surface area contributed by atoms with E-state index in [-0.39, 0.29) is 11.6 Å². The van der Waals surface area contributed by atoms with Crippen LogP contribution in [0.4, 0.5) is 4.39 Å². The second-order valence-electron chi connectivity index (χ2n) is 3.85. The van der Waals surface area contributed by atoms with Crippen molar-refractivity contribution in [1.29, 1.82) is 0 Å². The molecule has 0 fully saturated rings. The van der Waals surface area contributed by atoms with Crippen LogP contribution in [0.25, 0.3) is 11.1 Å². The van der Waals surface area contributed by atoms with Crippen molar-refractivity contribution in [3.05, 3.63) is 53.3 Å². The van der Waals surface area contributed by atoms with Crippen molar-refractivity contribution >= 4 is 6.29 Å². The van der Waals surface area contributed by atoms with Crippen molar-refractivity contribution in [3.63, 3.8) is 0 Å². The van der Waals surface area contributed by atoms with Crippen molar-refractivity contribution < 1.29 is 14.3 Å². The van der Waals surface area contributed by atoms with E-state index >= 15 is 0 Å². The minimum Gasteiger partial charge on any atom is -0.508 e. The molecule has 0 spiro atoms. The van der Waals surface area contributed by atoms with E-state index in [9.17, 15) is 14.3 Å². The van der Waals surface area contributed by atoms with Crippen LogP contribution in [0.3, 0.4) is 0 Å². The first kappa shape index (κ1) is 11.3. The Morgan fingerprint density at radius 2 is 2.00 bits per heavy atom. The maximum atomic E-state index is 13.1. The molecule has 2 rings (SSSR count). The minimum absolute atomic E-state index is 0.0925. The molecule has 0 radical (unpaired) electrons. The highest BCUT2D eigenvalue weighted by molar-refractivity contribution is 5.88. The van der Waals surface area contributed by atoms with E-state index in [1.54, 1.807) is 25.1 Å². The first-order chi connectivity index (χ1) is 8.11. The van der Waals surface area contributed by atoms with Crippen molar-refractivity contribution in [1.82, 2.24) is 0 Å². The molecule has 0 heterocycles. The van der Waals surface area contributed by atoms with Gasteiger partial charge in [-0.05, 0) is 47.9 Å². The molecule has 3 heteroatoms. The number of carbonyl (C=O) groups is 1. The smallest absolute Gasteiger partial charge is 0.150 e. The first-order valence-corrected chi connectivity index (χ1v) is 5.16. The van der Waals surface area contributed by atoms with Crippen LogP contribution in [-0.4, -0.2) is 11.4 Å². The fourth-order valence-electron chi connectivity index (χ4n) is 1.72. The second-order valence-corrected chi connectivity index (χ2v) is 3.85. The third-order valence-electron chi connectivity index (χ3n) is 2.63. The average Bonchev–Trinajstić information content (AvgIpc) is 2.32. The highest BCUT2D eigenvalue weighted by atomic mass is 19.1. The van der Waals surface area contributed by atoms with E-state index in [4.69, 9.17) is 0 Å². The van der Waals surface area contributed by atoms with Crippen LogP contribution in [0.1, 0.15) is 15.9 Å². The van der Waals surface area contributed by atoms with Gasteiger partial charge in [0, 0.05) is 5.56 Å². The monoisotopic (exact) mass is 230 g/mol. The summed E-state index contributed by atoms with van der Waals surface area (Å²) >= 11 is 0. The zero-order chi connectivity index (χ0) is 12.4. The van der Waals surface area contributed by atoms with Gasteiger partial charge >= 0.3 is 0 Å². The largest absolute Gasteiger partial charge is 0.508 e. The average molecular weight is 230 g/mol. The van der Waals surface area contributed by atoms with Crippen LogP contribution >= 0.6 is 0 Å². The number of hydrogen-bond donors (Lipinski definition) is 1. The lowest BCUT2D eigenvalue weighted by Crippen LogP contribution is -1.90. The first-order valence-electron chi connectivity index (χ1n) is 5.16. The summed E-state index contributed by atoms with van der Waals surface area (Å²) in [4.78, 5) is 11.0. The molecule has 0 unspecified atom stereocenters. The van der Waals surface area contributed by atoms with Crippen LogP contribution in [0.15, 0.2) is 36.4 Å². The standard InChI is InChI=1S/C14H11FO2/c1-9-5-11(8-16)13(7-14(9)17)10-3-2-4-12(15)6-10/h2-8,17H,1H3. The Bertz CT molecular complexity index is 576. The number of carbonyl (C=O) groups excluding carboxylic acids is 1. The Kier molecular flexibility index (Phi) is 2.91. The molecule has 2 aromatic carbocycles. The van der Waals surface area contributed by atoms with Crippen molar-refractivity contribution in [3.8, 4) is 16.9 Å². The molecule has 0 amide bonds. The van der Waals surface area contributed by atoms with Crippen molar-refractivity contribution in [2.24, 2.45) is 0 Å². The normalized spacial score (nSPS) is 10.2. The number of aldehydes is 1. The summed E-state index contributed by atoms with van der Waals surface area (Å²) in [6.07, 6.45) is 0.701. The maximum absolute atomic E-state index is 13.1. The van der Waals surface area contributed by atoms with Crippen LogP contribution in [0.5, 0.6) is 5.75 Å². The Hall–Kier alpha value is -2.16. The molecule has 17 heavy (non-hydrogen) atoms. The van der Waals surface area contributed by atoms with Gasteiger partial charge in [-0.1, -0.05) is 12.1 Å². The molecule has 0 saturated carbocycles. The SMILES string of the molecule is Cc1cc(C=O)c(-c2cccc(F)c2)cc1O. The van der Waals surface area contributed by atoms with Gasteiger partial charge in [0.05, 0.1) is 0 Å². The predicted octanol–water partition coefficient (Wildman–Crippen LogP) is 3.32. The summed E-state index contributed by atoms with van der Waals surface area (Å²) in [5, 5.41) is 9.64. The summed E-state index contributed by atoms with van der Waals surface area (Å²) < 4.78 is 13.1. The summed E-state index contributed by atoms with van der Waals surface area (Å²) in [6, 6.07) is 8.99. The van der Waals surface area contributed by atoms with Crippen molar-refractivity contribution in [2.75, 3.05) is 0 Å². The number of benzene rings is 2. The number of rotatable bonds is 2. The molecular formula is C14H11FO2. The number of phenols is 1. The number of aromatic hydroxyl groups is 1. The molecule has 0 aliphatic heterocycles. The molecule has 2 aromatic rings. The van der Waals surface area contributed by atoms with Gasteiger partial charge in [0.25, 0.3) is 0 Å². The van der Waals surface area contributed by atoms with E-state index in [0.29, 0.717) is 28.5 Å². The van der Waals surface area contributed by atoms with E-state index in [1.807, 2.05) is 0 Å². The zero-order valence-corrected chi connectivity index (χ0v) is 9.27. The quantitative estimate of drug-likeness (QED) is 0.803. The highest BCUT2D eigenvalue weighted by Gasteiger charge is 2.09. The van der Waals surface area contributed by atoms with Crippen molar-refractivity contribution in [2.45, 2.75) is 6.92 Å². The molecule has 0 bridgehead atoms. The molecule has 0 atom stereocenters. The molecule has 2 nitrogen and oxygen atoms in total. The fraction of sp³-hybridized carbons (Fsp3) is 0.0714. The van der Waals surface area contributed by atoms with E-state index in [2.05, 4.69) is 0 Å². The maximum Gasteiger partial charge on any atom is 0.150 e. The fourth-order valence-corrected chi connectivity index (χ4v) is 1.72. The van der Waals surface area contributed by atoms with Gasteiger partial charge < -0.3 is 5.11 Å². The number of aryl methyl sites for hydroxylation is 1. The Labute approximate surface area is 98.3 Å². The van der Waals surface area contributed by atoms with Gasteiger partial charge in [0.15, 0.2) is 6.29 Å². The number of phenolic OH excluding ortho intramolecular Hbond substituents is 1. The molecule has 0 aliphatic rings. The summed E-state index contributed by atoms with van der Waals surface area (Å²) in [7, 11) is 0. The lowest BCUT2D eigenvalue weighted by atomic mass is 9.98. The third-order valence-corrected chi connectivity index (χ3v) is 2.63. The number of halogens is 1. The third kappa shape index (κ3) is 2.18. The lowest BCUT2D eigenvalue weighted by molar-refractivity contribution is 0.112. The second kappa shape index (κ2) is 4.37. The molecule has 0 aliphatic carbocycles. The van der Waals surface area contributed by atoms with Crippen LogP contribution in [0.2, 0.25) is 0 Å². The molecule has 0 saturated heterocycles. The Balaban J connectivity index is 2.66. The minimum atomic E-state index is -0.376. The zero-order valence-electron chi connectivity index (χ0n) is 9.27. The summed E-state index contributed by atoms with van der Waals surface area (Å²) in [5.74, 6) is -0.283. The van der Waals surface area contributed by atoms with Crippen LogP contribution in [0, 0.1) is 12.7 Å². The van der Waals surface area contributed by atoms with Gasteiger partial charge in [-0.25, -0.2) is 4.39 Å². The van der Waals surface area contributed by atoms with Gasteiger partial charge in [-0.3, -0.25) is 4.79 Å². The summed E-state index contributed by atoms with van der Waals surface area (Å²) in [5.41, 5.74) is 2.16. The molecule has 1 N–H and O–H groups in total. The Morgan fingerprint density at radius 3 is 2.65 bits per heavy atom. The predicted molar refractivity (Wildman–Crippen MR) is 63.6 cm³/mol. The van der Waals surface area contributed by atoms with Crippen LogP contribution in [-0.2, 0) is 0 Å². The van der Waals surface area contributed by atoms with Gasteiger partial charge in [-0.15, -0.1) is 0 Å². The molecular weight excluding hydrogens is 219 g/mol. The van der Waals surface area contributed by atoms with E-state index in [0.717, 1.165) is 0 Å². The van der Waals surface area contributed by atoms with E-state index < -0.39 is 0 Å². The van der Waals surface area contributed by atoms with Crippen LogP contribution < -0.4 is 0 Å². The molecule has 86 valence electrons. The van der Waals surface area contributed by atoms with Gasteiger partial charge in [-0.2, -0.15) is 0 Å². The molecule has 0 aromatic heterocycles. The lowest BCUT2D eigenvalue weighted by Gasteiger charge is -2.08. The highest BCUT2D eigenvalue weighted by Crippen LogP contribution is 2.29. The Morgan fingerprint density at radius 1 is 1.24 bits per heavy atom. The van der Waals surface area contributed by atoms with Gasteiger partial charge in [0.2, 0.25) is 0 Å². The summed E-state index contributed by atoms with van der Waals surface area (Å²) in [6.45, 7) is 1.71.